The zero-order valence-electron chi connectivity index (χ0n) is 14.2. The molecule has 0 spiro atoms. The molecule has 3 rings (SSSR count). The summed E-state index contributed by atoms with van der Waals surface area (Å²) in [6.07, 6.45) is 0.671. The Bertz CT molecular complexity index is 979. The van der Waals surface area contributed by atoms with Gasteiger partial charge in [-0.15, -0.1) is 0 Å². The molecule has 0 amide bonds. The SMILES string of the molecule is CCc1cc(=O)oc2cc(OCC(=O)OCc3ccccc3)c(Cl)cc12. The lowest BCUT2D eigenvalue weighted by atomic mass is 10.1. The van der Waals surface area contributed by atoms with E-state index >= 15 is 0 Å². The number of esters is 1. The summed E-state index contributed by atoms with van der Waals surface area (Å²) in [4.78, 5) is 23.5. The number of carbonyl (C=O) groups excluding carboxylic acids is 1. The van der Waals surface area contributed by atoms with Gasteiger partial charge in [0.15, 0.2) is 6.61 Å². The smallest absolute Gasteiger partial charge is 0.344 e. The molecule has 0 saturated heterocycles. The molecule has 6 heteroatoms. The average molecular weight is 373 g/mol. The number of halogens is 1. The van der Waals surface area contributed by atoms with Gasteiger partial charge in [0, 0.05) is 17.5 Å². The van der Waals surface area contributed by atoms with Crippen molar-refractivity contribution in [3.63, 3.8) is 0 Å². The highest BCUT2D eigenvalue weighted by Gasteiger charge is 2.12. The minimum Gasteiger partial charge on any atom is -0.480 e. The molecular formula is C20H17ClO5. The van der Waals surface area contributed by atoms with Crippen molar-refractivity contribution in [2.75, 3.05) is 6.61 Å². The van der Waals surface area contributed by atoms with Gasteiger partial charge in [0.05, 0.1) is 5.02 Å². The van der Waals surface area contributed by atoms with Crippen molar-refractivity contribution < 1.29 is 18.7 Å². The van der Waals surface area contributed by atoms with E-state index in [1.165, 1.54) is 12.1 Å². The molecule has 1 aromatic heterocycles. The highest BCUT2D eigenvalue weighted by Crippen LogP contribution is 2.31. The van der Waals surface area contributed by atoms with Crippen LogP contribution in [-0.2, 0) is 22.6 Å². The zero-order chi connectivity index (χ0) is 18.5. The Morgan fingerprint density at radius 2 is 1.92 bits per heavy atom. The van der Waals surface area contributed by atoms with Crippen molar-refractivity contribution >= 4 is 28.5 Å². The van der Waals surface area contributed by atoms with Crippen LogP contribution >= 0.6 is 11.6 Å². The van der Waals surface area contributed by atoms with Gasteiger partial charge in [-0.2, -0.15) is 0 Å². The standard InChI is InChI=1S/C20H17ClO5/c1-2-14-8-19(22)26-17-10-18(16(21)9-15(14)17)24-12-20(23)25-11-13-6-4-3-5-7-13/h3-10H,2,11-12H2,1H3. The van der Waals surface area contributed by atoms with Crippen LogP contribution in [0.25, 0.3) is 11.0 Å². The van der Waals surface area contributed by atoms with E-state index in [2.05, 4.69) is 0 Å². The molecule has 0 aliphatic carbocycles. The summed E-state index contributed by atoms with van der Waals surface area (Å²) in [5.41, 5.74) is 1.65. The zero-order valence-corrected chi connectivity index (χ0v) is 14.9. The summed E-state index contributed by atoms with van der Waals surface area (Å²) in [6.45, 7) is 1.81. The quantitative estimate of drug-likeness (QED) is 0.480. The van der Waals surface area contributed by atoms with Crippen LogP contribution in [0.5, 0.6) is 5.75 Å². The van der Waals surface area contributed by atoms with Crippen LogP contribution in [0, 0.1) is 0 Å². The third-order valence-corrected chi connectivity index (χ3v) is 4.15. The lowest BCUT2D eigenvalue weighted by molar-refractivity contribution is -0.147. The molecule has 0 fully saturated rings. The summed E-state index contributed by atoms with van der Waals surface area (Å²) in [7, 11) is 0. The van der Waals surface area contributed by atoms with Crippen LogP contribution in [0.15, 0.2) is 57.7 Å². The van der Waals surface area contributed by atoms with Gasteiger partial charge >= 0.3 is 11.6 Å². The summed E-state index contributed by atoms with van der Waals surface area (Å²) >= 11 is 6.23. The Morgan fingerprint density at radius 3 is 2.65 bits per heavy atom. The number of fused-ring (bicyclic) bond motifs is 1. The van der Waals surface area contributed by atoms with E-state index in [0.29, 0.717) is 17.0 Å². The average Bonchev–Trinajstić information content (AvgIpc) is 2.65. The van der Waals surface area contributed by atoms with Gasteiger partial charge in [-0.05, 0) is 23.6 Å². The Morgan fingerprint density at radius 1 is 1.15 bits per heavy atom. The molecule has 1 heterocycles. The molecule has 0 radical (unpaired) electrons. The highest BCUT2D eigenvalue weighted by atomic mass is 35.5. The largest absolute Gasteiger partial charge is 0.480 e. The van der Waals surface area contributed by atoms with Crippen molar-refractivity contribution in [2.45, 2.75) is 20.0 Å². The van der Waals surface area contributed by atoms with Gasteiger partial charge in [-0.25, -0.2) is 9.59 Å². The number of benzene rings is 2. The van der Waals surface area contributed by atoms with E-state index in [-0.39, 0.29) is 19.0 Å². The van der Waals surface area contributed by atoms with E-state index < -0.39 is 11.6 Å². The van der Waals surface area contributed by atoms with Gasteiger partial charge in [0.25, 0.3) is 0 Å². The summed E-state index contributed by atoms with van der Waals surface area (Å²) in [5.74, 6) is -0.263. The molecule has 0 saturated carbocycles. The highest BCUT2D eigenvalue weighted by molar-refractivity contribution is 6.32. The van der Waals surface area contributed by atoms with Crippen LogP contribution in [0.4, 0.5) is 0 Å². The van der Waals surface area contributed by atoms with E-state index in [0.717, 1.165) is 16.5 Å². The molecule has 2 aromatic carbocycles. The van der Waals surface area contributed by atoms with E-state index in [1.807, 2.05) is 37.3 Å². The second-order valence-corrected chi connectivity index (χ2v) is 6.07. The molecule has 0 bridgehead atoms. The third-order valence-electron chi connectivity index (χ3n) is 3.85. The predicted octanol–water partition coefficient (Wildman–Crippen LogP) is 4.13. The first kappa shape index (κ1) is 18.0. The molecule has 26 heavy (non-hydrogen) atoms. The first-order chi connectivity index (χ1) is 12.6. The predicted molar refractivity (Wildman–Crippen MR) is 98.6 cm³/mol. The lowest BCUT2D eigenvalue weighted by Crippen LogP contribution is -2.15. The number of rotatable bonds is 6. The molecule has 0 aliphatic heterocycles. The monoisotopic (exact) mass is 372 g/mol. The Labute approximate surface area is 155 Å². The number of hydrogen-bond acceptors (Lipinski definition) is 5. The first-order valence-electron chi connectivity index (χ1n) is 8.15. The summed E-state index contributed by atoms with van der Waals surface area (Å²) in [6, 6.07) is 14.0. The van der Waals surface area contributed by atoms with Gasteiger partial charge < -0.3 is 13.9 Å². The van der Waals surface area contributed by atoms with Gasteiger partial charge in [-0.3, -0.25) is 0 Å². The number of hydrogen-bond donors (Lipinski definition) is 0. The van der Waals surface area contributed by atoms with Gasteiger partial charge in [0.2, 0.25) is 0 Å². The van der Waals surface area contributed by atoms with E-state index in [9.17, 15) is 9.59 Å². The fourth-order valence-corrected chi connectivity index (χ4v) is 2.77. The second-order valence-electron chi connectivity index (χ2n) is 5.66. The van der Waals surface area contributed by atoms with Crippen molar-refractivity contribution in [1.82, 2.24) is 0 Å². The van der Waals surface area contributed by atoms with Crippen LogP contribution in [-0.4, -0.2) is 12.6 Å². The summed E-state index contributed by atoms with van der Waals surface area (Å²) in [5, 5.41) is 1.08. The van der Waals surface area contributed by atoms with Crippen LogP contribution in [0.3, 0.4) is 0 Å². The molecule has 0 atom stereocenters. The second kappa shape index (κ2) is 8.06. The van der Waals surface area contributed by atoms with Crippen LogP contribution in [0.2, 0.25) is 5.02 Å². The maximum atomic E-state index is 11.9. The van der Waals surface area contributed by atoms with E-state index in [4.69, 9.17) is 25.5 Å². The van der Waals surface area contributed by atoms with Crippen molar-refractivity contribution in [1.29, 1.82) is 0 Å². The fourth-order valence-electron chi connectivity index (χ4n) is 2.55. The molecule has 5 nitrogen and oxygen atoms in total. The number of carbonyl (C=O) groups is 1. The first-order valence-corrected chi connectivity index (χ1v) is 8.53. The van der Waals surface area contributed by atoms with Crippen LogP contribution in [0.1, 0.15) is 18.1 Å². The molecule has 0 N–H and O–H groups in total. The third kappa shape index (κ3) is 4.24. The lowest BCUT2D eigenvalue weighted by Gasteiger charge is -2.10. The minimum absolute atomic E-state index is 0.170. The van der Waals surface area contributed by atoms with Crippen molar-refractivity contribution in [2.24, 2.45) is 0 Å². The molecule has 3 aromatic rings. The Hall–Kier alpha value is -2.79. The maximum Gasteiger partial charge on any atom is 0.344 e. The fraction of sp³-hybridized carbons (Fsp3) is 0.200. The Balaban J connectivity index is 1.69. The minimum atomic E-state index is -0.520. The van der Waals surface area contributed by atoms with Crippen molar-refractivity contribution in [3.05, 3.63) is 75.1 Å². The van der Waals surface area contributed by atoms with Gasteiger partial charge in [0.1, 0.15) is 17.9 Å². The maximum absolute atomic E-state index is 11.9. The molecule has 0 aliphatic rings. The molecular weight excluding hydrogens is 356 g/mol. The molecule has 134 valence electrons. The molecule has 0 unspecified atom stereocenters. The Kier molecular flexibility index (Phi) is 5.58. The summed E-state index contributed by atoms with van der Waals surface area (Å²) < 4.78 is 15.8. The van der Waals surface area contributed by atoms with Crippen LogP contribution < -0.4 is 10.4 Å². The van der Waals surface area contributed by atoms with Crippen molar-refractivity contribution in [3.8, 4) is 5.75 Å². The van der Waals surface area contributed by atoms with E-state index in [1.54, 1.807) is 6.07 Å². The number of ether oxygens (including phenoxy) is 2. The van der Waals surface area contributed by atoms with Gasteiger partial charge in [-0.1, -0.05) is 48.9 Å². The number of aryl methyl sites for hydroxylation is 1. The topological polar surface area (TPSA) is 65.7 Å². The normalized spacial score (nSPS) is 10.7.